The second-order valence-corrected chi connectivity index (χ2v) is 6.97. The van der Waals surface area contributed by atoms with Crippen molar-refractivity contribution in [3.8, 4) is 11.5 Å². The van der Waals surface area contributed by atoms with Gasteiger partial charge in [-0.2, -0.15) is 0 Å². The number of aryl methyl sites for hydroxylation is 1. The summed E-state index contributed by atoms with van der Waals surface area (Å²) in [6.07, 6.45) is 1.80. The van der Waals surface area contributed by atoms with Gasteiger partial charge in [0.2, 0.25) is 0 Å². The molecule has 0 fully saturated rings. The molecular formula is C15H22BrClO2. The summed E-state index contributed by atoms with van der Waals surface area (Å²) in [7, 11) is 3.32. The lowest BCUT2D eigenvalue weighted by atomic mass is 9.88. The van der Waals surface area contributed by atoms with E-state index in [4.69, 9.17) is 21.1 Å². The van der Waals surface area contributed by atoms with E-state index in [0.29, 0.717) is 0 Å². The molecule has 0 aliphatic carbocycles. The van der Waals surface area contributed by atoms with Crippen LogP contribution in [-0.4, -0.2) is 19.6 Å². The maximum atomic E-state index is 6.42. The lowest BCUT2D eigenvalue weighted by Crippen LogP contribution is -2.21. The zero-order valence-corrected chi connectivity index (χ0v) is 14.6. The highest BCUT2D eigenvalue weighted by Crippen LogP contribution is 2.38. The Bertz CT molecular complexity index is 427. The molecule has 0 aliphatic rings. The first-order valence-corrected chi connectivity index (χ1v) is 7.57. The fourth-order valence-corrected chi connectivity index (χ4v) is 2.69. The summed E-state index contributed by atoms with van der Waals surface area (Å²) in [4.78, 5) is 0. The molecule has 1 aromatic carbocycles. The van der Waals surface area contributed by atoms with Crippen LogP contribution in [0.2, 0.25) is 0 Å². The molecule has 0 N–H and O–H groups in total. The van der Waals surface area contributed by atoms with E-state index in [1.165, 1.54) is 0 Å². The van der Waals surface area contributed by atoms with Gasteiger partial charge in [-0.15, -0.1) is 11.6 Å². The SMILES string of the molecule is COc1ccc(CCC(Cl)C(C)(C)C)c(OC)c1Br. The van der Waals surface area contributed by atoms with Gasteiger partial charge in [-0.05, 0) is 45.8 Å². The number of halogens is 2. The molecule has 1 rings (SSSR count). The summed E-state index contributed by atoms with van der Waals surface area (Å²) < 4.78 is 11.6. The van der Waals surface area contributed by atoms with Gasteiger partial charge in [0.05, 0.1) is 14.2 Å². The molecule has 0 aliphatic heterocycles. The quantitative estimate of drug-likeness (QED) is 0.692. The van der Waals surface area contributed by atoms with Crippen LogP contribution in [0.4, 0.5) is 0 Å². The Kier molecular flexibility index (Phi) is 6.00. The molecule has 19 heavy (non-hydrogen) atoms. The van der Waals surface area contributed by atoms with E-state index in [1.807, 2.05) is 12.1 Å². The number of benzene rings is 1. The lowest BCUT2D eigenvalue weighted by Gasteiger charge is -2.25. The van der Waals surface area contributed by atoms with Crippen molar-refractivity contribution in [1.29, 1.82) is 0 Å². The van der Waals surface area contributed by atoms with Crippen molar-refractivity contribution in [2.24, 2.45) is 5.41 Å². The van der Waals surface area contributed by atoms with Crippen molar-refractivity contribution in [1.82, 2.24) is 0 Å². The Morgan fingerprint density at radius 1 is 1.21 bits per heavy atom. The van der Waals surface area contributed by atoms with Crippen LogP contribution in [0.3, 0.4) is 0 Å². The van der Waals surface area contributed by atoms with Crippen LogP contribution in [0.15, 0.2) is 16.6 Å². The van der Waals surface area contributed by atoms with Crippen molar-refractivity contribution in [3.05, 3.63) is 22.2 Å². The minimum Gasteiger partial charge on any atom is -0.495 e. The van der Waals surface area contributed by atoms with Crippen molar-refractivity contribution in [2.75, 3.05) is 14.2 Å². The zero-order chi connectivity index (χ0) is 14.6. The summed E-state index contributed by atoms with van der Waals surface area (Å²) in [6.45, 7) is 6.48. The monoisotopic (exact) mass is 348 g/mol. The van der Waals surface area contributed by atoms with Crippen LogP contribution in [0.5, 0.6) is 11.5 Å². The van der Waals surface area contributed by atoms with Gasteiger partial charge in [-0.3, -0.25) is 0 Å². The highest BCUT2D eigenvalue weighted by atomic mass is 79.9. The molecule has 0 spiro atoms. The largest absolute Gasteiger partial charge is 0.495 e. The third-order valence-corrected chi connectivity index (χ3v) is 4.80. The molecule has 0 amide bonds. The van der Waals surface area contributed by atoms with Crippen molar-refractivity contribution >= 4 is 27.5 Å². The Hall–Kier alpha value is -0.410. The first-order valence-electron chi connectivity index (χ1n) is 6.34. The molecule has 1 aromatic rings. The number of alkyl halides is 1. The van der Waals surface area contributed by atoms with Gasteiger partial charge in [-0.25, -0.2) is 0 Å². The third kappa shape index (κ3) is 4.28. The van der Waals surface area contributed by atoms with Crippen LogP contribution in [0.1, 0.15) is 32.8 Å². The number of rotatable bonds is 5. The highest BCUT2D eigenvalue weighted by Gasteiger charge is 2.22. The maximum absolute atomic E-state index is 6.42. The average molecular weight is 350 g/mol. The van der Waals surface area contributed by atoms with Crippen molar-refractivity contribution < 1.29 is 9.47 Å². The predicted octanol–water partition coefficient (Wildman–Crippen LogP) is 5.05. The summed E-state index contributed by atoms with van der Waals surface area (Å²) in [5.41, 5.74) is 1.25. The van der Waals surface area contributed by atoms with Gasteiger partial charge in [0.15, 0.2) is 0 Å². The van der Waals surface area contributed by atoms with Gasteiger partial charge in [0.1, 0.15) is 16.0 Å². The van der Waals surface area contributed by atoms with Gasteiger partial charge >= 0.3 is 0 Å². The Balaban J connectivity index is 2.88. The fraction of sp³-hybridized carbons (Fsp3) is 0.600. The van der Waals surface area contributed by atoms with E-state index in [2.05, 4.69) is 36.7 Å². The third-order valence-electron chi connectivity index (χ3n) is 3.17. The molecule has 108 valence electrons. The molecular weight excluding hydrogens is 328 g/mol. The van der Waals surface area contributed by atoms with E-state index in [9.17, 15) is 0 Å². The summed E-state index contributed by atoms with van der Waals surface area (Å²) in [6, 6.07) is 3.98. The average Bonchev–Trinajstić information content (AvgIpc) is 2.34. The number of hydrogen-bond donors (Lipinski definition) is 0. The number of ether oxygens (including phenoxy) is 2. The number of methoxy groups -OCH3 is 2. The predicted molar refractivity (Wildman–Crippen MR) is 84.7 cm³/mol. The van der Waals surface area contributed by atoms with Crippen molar-refractivity contribution in [3.63, 3.8) is 0 Å². The fourth-order valence-electron chi connectivity index (χ4n) is 1.87. The second kappa shape index (κ2) is 6.85. The molecule has 0 bridgehead atoms. The molecule has 0 saturated carbocycles. The van der Waals surface area contributed by atoms with Crippen LogP contribution in [-0.2, 0) is 6.42 Å². The standard InChI is InChI=1S/C15H22BrClO2/c1-15(2,3)12(17)9-7-10-6-8-11(18-4)13(16)14(10)19-5/h6,8,12H,7,9H2,1-5H3. The minimum atomic E-state index is 0.110. The molecule has 0 heterocycles. The van der Waals surface area contributed by atoms with E-state index in [0.717, 1.165) is 34.4 Å². The smallest absolute Gasteiger partial charge is 0.139 e. The summed E-state index contributed by atoms with van der Waals surface area (Å²) in [5, 5.41) is 0.137. The van der Waals surface area contributed by atoms with E-state index >= 15 is 0 Å². The van der Waals surface area contributed by atoms with Gasteiger partial charge < -0.3 is 9.47 Å². The summed E-state index contributed by atoms with van der Waals surface area (Å²) in [5.74, 6) is 1.61. The molecule has 0 saturated heterocycles. The Labute approximate surface area is 129 Å². The van der Waals surface area contributed by atoms with E-state index < -0.39 is 0 Å². The van der Waals surface area contributed by atoms with E-state index in [-0.39, 0.29) is 10.8 Å². The van der Waals surface area contributed by atoms with Gasteiger partial charge in [0, 0.05) is 5.38 Å². The molecule has 4 heteroatoms. The minimum absolute atomic E-state index is 0.110. The number of hydrogen-bond acceptors (Lipinski definition) is 2. The molecule has 0 radical (unpaired) electrons. The lowest BCUT2D eigenvalue weighted by molar-refractivity contribution is 0.367. The second-order valence-electron chi connectivity index (χ2n) is 5.65. The Morgan fingerprint density at radius 3 is 2.32 bits per heavy atom. The van der Waals surface area contributed by atoms with Gasteiger partial charge in [0.25, 0.3) is 0 Å². The first kappa shape index (κ1) is 16.6. The molecule has 0 aromatic heterocycles. The Morgan fingerprint density at radius 2 is 1.84 bits per heavy atom. The van der Waals surface area contributed by atoms with Crippen LogP contribution < -0.4 is 9.47 Å². The summed E-state index contributed by atoms with van der Waals surface area (Å²) >= 11 is 9.94. The molecule has 2 nitrogen and oxygen atoms in total. The molecule has 1 unspecified atom stereocenters. The maximum Gasteiger partial charge on any atom is 0.139 e. The first-order chi connectivity index (χ1) is 8.81. The normalized spacial score (nSPS) is 13.2. The zero-order valence-electron chi connectivity index (χ0n) is 12.2. The molecule has 1 atom stereocenters. The van der Waals surface area contributed by atoms with Crippen LogP contribution >= 0.6 is 27.5 Å². The van der Waals surface area contributed by atoms with Crippen LogP contribution in [0.25, 0.3) is 0 Å². The topological polar surface area (TPSA) is 18.5 Å². The highest BCUT2D eigenvalue weighted by molar-refractivity contribution is 9.10. The van der Waals surface area contributed by atoms with Gasteiger partial charge in [-0.1, -0.05) is 26.8 Å². The van der Waals surface area contributed by atoms with Crippen LogP contribution in [0, 0.1) is 5.41 Å². The van der Waals surface area contributed by atoms with Crippen molar-refractivity contribution in [2.45, 2.75) is 39.0 Å². The van der Waals surface area contributed by atoms with E-state index in [1.54, 1.807) is 14.2 Å².